The van der Waals surface area contributed by atoms with Crippen molar-refractivity contribution in [2.75, 3.05) is 44.7 Å². The number of aldehydes is 1. The molecule has 10 nitrogen and oxygen atoms in total. The molecule has 0 bridgehead atoms. The van der Waals surface area contributed by atoms with Crippen LogP contribution < -0.4 is 21.3 Å². The van der Waals surface area contributed by atoms with Crippen LogP contribution in [0.25, 0.3) is 11.1 Å². The molecule has 0 aromatic heterocycles. The number of anilines is 1. The molecule has 4 aromatic rings. The average molecular weight is 795 g/mol. The van der Waals surface area contributed by atoms with Gasteiger partial charge in [-0.2, -0.15) is 0 Å². The van der Waals surface area contributed by atoms with Crippen LogP contribution in [0.1, 0.15) is 94.2 Å². The third kappa shape index (κ3) is 9.00. The van der Waals surface area contributed by atoms with E-state index in [1.54, 1.807) is 18.0 Å². The molecule has 1 aliphatic carbocycles. The molecule has 308 valence electrons. The molecule has 0 radical (unpaired) electrons. The number of fused-ring (bicyclic) bond motifs is 3. The molecule has 2 amide bonds. The number of aryl methyl sites for hydroxylation is 1. The van der Waals surface area contributed by atoms with E-state index in [1.807, 2.05) is 12.1 Å². The zero-order chi connectivity index (χ0) is 40.9. The maximum absolute atomic E-state index is 13.1. The zero-order valence-corrected chi connectivity index (χ0v) is 34.3. The third-order valence-corrected chi connectivity index (χ3v) is 13.0. The Morgan fingerprint density at radius 2 is 1.58 bits per heavy atom. The van der Waals surface area contributed by atoms with Crippen molar-refractivity contribution >= 4 is 34.9 Å². The number of phenolic OH excluding ortho intramolecular Hbond substituents is 1. The predicted octanol–water partition coefficient (Wildman–Crippen LogP) is 6.28. The summed E-state index contributed by atoms with van der Waals surface area (Å²) in [6.07, 6.45) is 7.92. The third-order valence-electron chi connectivity index (χ3n) is 13.0. The monoisotopic (exact) mass is 794 g/mol. The Morgan fingerprint density at radius 3 is 2.29 bits per heavy atom. The second kappa shape index (κ2) is 18.3. The molecule has 1 unspecified atom stereocenters. The van der Waals surface area contributed by atoms with Gasteiger partial charge in [-0.05, 0) is 144 Å². The van der Waals surface area contributed by atoms with E-state index < -0.39 is 6.04 Å². The first kappa shape index (κ1) is 40.5. The number of carbonyl (C=O) groups is 3. The van der Waals surface area contributed by atoms with E-state index in [0.29, 0.717) is 30.3 Å². The number of phenols is 1. The number of hydrogen-bond acceptors (Lipinski definition) is 8. The fraction of sp³-hybridized carbons (Fsp3) is 0.408. The largest absolute Gasteiger partial charge is 0.508 e. The Kier molecular flexibility index (Phi) is 12.6. The smallest absolute Gasteiger partial charge is 0.255 e. The topological polar surface area (TPSA) is 131 Å². The highest BCUT2D eigenvalue weighted by molar-refractivity contribution is 6.02. The minimum Gasteiger partial charge on any atom is -0.508 e. The molecule has 59 heavy (non-hydrogen) atoms. The van der Waals surface area contributed by atoms with E-state index in [1.165, 1.54) is 63.1 Å². The molecule has 4 heterocycles. The summed E-state index contributed by atoms with van der Waals surface area (Å²) in [6.45, 7) is 7.66. The Labute approximate surface area is 348 Å². The van der Waals surface area contributed by atoms with E-state index in [4.69, 9.17) is 5.73 Å². The van der Waals surface area contributed by atoms with Crippen molar-refractivity contribution in [2.45, 2.75) is 83.1 Å². The van der Waals surface area contributed by atoms with Gasteiger partial charge in [0, 0.05) is 70.0 Å². The minimum absolute atomic E-state index is 0.0981. The summed E-state index contributed by atoms with van der Waals surface area (Å²) in [5.41, 5.74) is 19.2. The van der Waals surface area contributed by atoms with Crippen molar-refractivity contribution in [3.63, 3.8) is 0 Å². The summed E-state index contributed by atoms with van der Waals surface area (Å²) in [5.74, 6) is 0.781. The lowest BCUT2D eigenvalue weighted by Gasteiger charge is -2.32. The molecule has 4 aromatic carbocycles. The summed E-state index contributed by atoms with van der Waals surface area (Å²) < 4.78 is 0. The Bertz CT molecular complexity index is 2170. The molecule has 5 aliphatic rings. The zero-order valence-electron chi connectivity index (χ0n) is 34.3. The van der Waals surface area contributed by atoms with Crippen molar-refractivity contribution in [1.82, 2.24) is 20.4 Å². The molecule has 0 spiro atoms. The fourth-order valence-electron chi connectivity index (χ4n) is 9.78. The minimum atomic E-state index is -0.601. The predicted molar refractivity (Wildman–Crippen MR) is 234 cm³/mol. The Hall–Kier alpha value is -5.29. The van der Waals surface area contributed by atoms with Gasteiger partial charge in [-0.1, -0.05) is 54.6 Å². The molecule has 1 atom stereocenters. The summed E-state index contributed by atoms with van der Waals surface area (Å²) in [7, 11) is 1.56. The van der Waals surface area contributed by atoms with Crippen LogP contribution in [0.4, 0.5) is 5.69 Å². The van der Waals surface area contributed by atoms with E-state index in [9.17, 15) is 19.5 Å². The normalized spacial score (nSPS) is 18.8. The second-order valence-corrected chi connectivity index (χ2v) is 16.9. The van der Waals surface area contributed by atoms with Crippen molar-refractivity contribution in [3.8, 4) is 5.75 Å². The highest BCUT2D eigenvalue weighted by Crippen LogP contribution is 2.42. The Morgan fingerprint density at radius 1 is 0.847 bits per heavy atom. The number of nitrogens with one attached hydrogen (secondary N) is 2. The number of aromatic hydroxyl groups is 1. The standard InChI is InChI=1S/C27H28N2O.C22H30N4O3/c28-22-14-16-29(17-15-22)23-9-6-20(7-10-23)27-25(19-4-2-1-3-5-19)12-8-21-18-24(30)11-13-26(21)27;1-23-21(28)20(3-2-8-27)26-14-18-9-16-12-25(11-15-4-6-24-7-5-15)13-17(16)10-19(18)22(26)29/h1-7,9-11,13,18,22,30H,8,12,14-17,28H2;8-10,15,20,24H,2-7,11-14H2,1H3,(H,23,28). The van der Waals surface area contributed by atoms with Crippen molar-refractivity contribution < 1.29 is 19.5 Å². The molecule has 10 heteroatoms. The number of piperidine rings is 2. The quantitative estimate of drug-likeness (QED) is 0.138. The maximum atomic E-state index is 13.1. The molecular formula is C49H58N6O4. The van der Waals surface area contributed by atoms with E-state index >= 15 is 0 Å². The number of nitrogens with zero attached hydrogens (tertiary/aromatic N) is 3. The number of carbonyl (C=O) groups excluding carboxylic acids is 3. The van der Waals surface area contributed by atoms with Gasteiger partial charge in [0.1, 0.15) is 18.1 Å². The van der Waals surface area contributed by atoms with Gasteiger partial charge in [0.2, 0.25) is 5.91 Å². The van der Waals surface area contributed by atoms with Gasteiger partial charge in [0.15, 0.2) is 0 Å². The van der Waals surface area contributed by atoms with Crippen molar-refractivity contribution in [1.29, 1.82) is 0 Å². The van der Waals surface area contributed by atoms with Crippen molar-refractivity contribution in [3.05, 3.63) is 129 Å². The van der Waals surface area contributed by atoms with Crippen LogP contribution in [0.15, 0.2) is 84.9 Å². The van der Waals surface area contributed by atoms with Crippen LogP contribution in [0.2, 0.25) is 0 Å². The van der Waals surface area contributed by atoms with Crippen LogP contribution in [0, 0.1) is 5.92 Å². The van der Waals surface area contributed by atoms with Gasteiger partial charge in [0.25, 0.3) is 5.91 Å². The lowest BCUT2D eigenvalue weighted by atomic mass is 9.79. The SMILES string of the molecule is CNC(=O)C(CCC=O)N1Cc2cc3c(cc2C1=O)CN(CC1CCNCC1)C3.NC1CCN(c2ccc(C3=C(c4ccccc4)CCc4cc(O)ccc43)cc2)CC1. The average Bonchev–Trinajstić information content (AvgIpc) is 3.81. The van der Waals surface area contributed by atoms with Gasteiger partial charge < -0.3 is 36.1 Å². The molecule has 2 saturated heterocycles. The van der Waals surface area contributed by atoms with Gasteiger partial charge >= 0.3 is 0 Å². The summed E-state index contributed by atoms with van der Waals surface area (Å²) in [6, 6.07) is 29.4. The van der Waals surface area contributed by atoms with Gasteiger partial charge in [-0.25, -0.2) is 0 Å². The molecule has 2 fully saturated rings. The number of benzene rings is 4. The summed E-state index contributed by atoms with van der Waals surface area (Å²) in [4.78, 5) is 42.7. The molecule has 5 N–H and O–H groups in total. The number of allylic oxidation sites excluding steroid dienone is 1. The number of rotatable bonds is 10. The fourth-order valence-corrected chi connectivity index (χ4v) is 9.78. The van der Waals surface area contributed by atoms with E-state index in [0.717, 1.165) is 89.3 Å². The van der Waals surface area contributed by atoms with Gasteiger partial charge in [-0.3, -0.25) is 14.5 Å². The first-order valence-corrected chi connectivity index (χ1v) is 21.5. The lowest BCUT2D eigenvalue weighted by molar-refractivity contribution is -0.125. The summed E-state index contributed by atoms with van der Waals surface area (Å²) in [5, 5.41) is 16.0. The second-order valence-electron chi connectivity index (χ2n) is 16.9. The highest BCUT2D eigenvalue weighted by Gasteiger charge is 2.37. The maximum Gasteiger partial charge on any atom is 0.255 e. The van der Waals surface area contributed by atoms with Crippen LogP contribution in [-0.4, -0.2) is 84.9 Å². The Balaban J connectivity index is 0.000000164. The molecule has 4 aliphatic heterocycles. The number of nitrogens with two attached hydrogens (primary N) is 1. The number of hydrogen-bond donors (Lipinski definition) is 4. The molecule has 9 rings (SSSR count). The molecule has 0 saturated carbocycles. The van der Waals surface area contributed by atoms with Crippen LogP contribution in [0.5, 0.6) is 5.75 Å². The lowest BCUT2D eigenvalue weighted by Crippen LogP contribution is -2.46. The summed E-state index contributed by atoms with van der Waals surface area (Å²) >= 11 is 0. The van der Waals surface area contributed by atoms with Gasteiger partial charge in [0.05, 0.1) is 0 Å². The van der Waals surface area contributed by atoms with Crippen LogP contribution in [-0.2, 0) is 35.6 Å². The highest BCUT2D eigenvalue weighted by atomic mass is 16.3. The first-order chi connectivity index (χ1) is 28.8. The molecular weight excluding hydrogens is 737 g/mol. The number of likely N-dealkylation sites (N-methyl/N-ethyl adjacent to an activating group) is 1. The van der Waals surface area contributed by atoms with Crippen molar-refractivity contribution in [2.24, 2.45) is 11.7 Å². The van der Waals surface area contributed by atoms with Crippen LogP contribution >= 0.6 is 0 Å². The van der Waals surface area contributed by atoms with Gasteiger partial charge in [-0.15, -0.1) is 0 Å². The van der Waals surface area contributed by atoms with E-state index in [-0.39, 0.29) is 18.2 Å². The first-order valence-electron chi connectivity index (χ1n) is 21.5. The van der Waals surface area contributed by atoms with Crippen LogP contribution in [0.3, 0.4) is 0 Å². The van der Waals surface area contributed by atoms with E-state index in [2.05, 4.69) is 87.2 Å². The number of amides is 2.